The smallest absolute Gasteiger partial charge is 0.242 e. The van der Waals surface area contributed by atoms with Gasteiger partial charge in [0.25, 0.3) is 0 Å². The Labute approximate surface area is 114 Å². The third-order valence-corrected chi connectivity index (χ3v) is 4.18. The summed E-state index contributed by atoms with van der Waals surface area (Å²) in [5.74, 6) is 0. The average molecular weight is 287 g/mol. The number of ether oxygens (including phenoxy) is 1. The molecule has 1 aromatic heterocycles. The van der Waals surface area contributed by atoms with Crippen LogP contribution >= 0.6 is 0 Å². The van der Waals surface area contributed by atoms with Crippen molar-refractivity contribution in [3.05, 3.63) is 24.0 Å². The molecule has 0 saturated carbocycles. The quantitative estimate of drug-likeness (QED) is 0.650. The molecule has 7 heteroatoms. The van der Waals surface area contributed by atoms with Crippen LogP contribution in [0.5, 0.6) is 0 Å². The van der Waals surface area contributed by atoms with Crippen LogP contribution in [-0.4, -0.2) is 33.7 Å². The van der Waals surface area contributed by atoms with E-state index in [1.54, 1.807) is 13.2 Å². The van der Waals surface area contributed by atoms with Crippen LogP contribution in [0.25, 0.3) is 0 Å². The van der Waals surface area contributed by atoms with E-state index in [-0.39, 0.29) is 11.4 Å². The summed E-state index contributed by atoms with van der Waals surface area (Å²) < 4.78 is 31.6. The molecule has 6 nitrogen and oxygen atoms in total. The van der Waals surface area contributed by atoms with Crippen LogP contribution in [0.3, 0.4) is 0 Å². The first-order valence-electron chi connectivity index (χ1n) is 6.24. The highest BCUT2D eigenvalue weighted by atomic mass is 32.2. The molecule has 0 saturated heterocycles. The highest BCUT2D eigenvalue weighted by Crippen LogP contribution is 2.12. The number of nitrogens with two attached hydrogens (primary N) is 1. The summed E-state index contributed by atoms with van der Waals surface area (Å²) in [5.41, 5.74) is 5.87. The number of sulfonamides is 1. The van der Waals surface area contributed by atoms with E-state index in [0.717, 1.165) is 19.3 Å². The van der Waals surface area contributed by atoms with Gasteiger partial charge < -0.3 is 10.5 Å². The van der Waals surface area contributed by atoms with Gasteiger partial charge in [-0.25, -0.2) is 13.1 Å². The molecule has 3 N–H and O–H groups in total. The van der Waals surface area contributed by atoms with Crippen LogP contribution in [0.4, 0.5) is 0 Å². The normalized spacial score (nSPS) is 11.7. The van der Waals surface area contributed by atoms with Crippen molar-refractivity contribution in [1.29, 1.82) is 0 Å². The maximum absolute atomic E-state index is 12.1. The van der Waals surface area contributed by atoms with Gasteiger partial charge in [-0.15, -0.1) is 0 Å². The lowest BCUT2D eigenvalue weighted by Gasteiger charge is -2.09. The van der Waals surface area contributed by atoms with Crippen molar-refractivity contribution in [1.82, 2.24) is 9.71 Å². The number of aromatic nitrogens is 1. The van der Waals surface area contributed by atoms with Crippen molar-refractivity contribution in [3.8, 4) is 0 Å². The Bertz CT molecular complexity index is 477. The fraction of sp³-hybridized carbons (Fsp3) is 0.583. The van der Waals surface area contributed by atoms with Gasteiger partial charge in [-0.1, -0.05) is 0 Å². The molecule has 0 bridgehead atoms. The Balaban J connectivity index is 2.52. The Kier molecular flexibility index (Phi) is 6.93. The first kappa shape index (κ1) is 16.0. The number of hydrogen-bond donors (Lipinski definition) is 2. The zero-order valence-corrected chi connectivity index (χ0v) is 11.9. The second-order valence-electron chi connectivity index (χ2n) is 4.10. The Hall–Kier alpha value is -1.02. The molecule has 108 valence electrons. The molecule has 1 aromatic rings. The van der Waals surface area contributed by atoms with Gasteiger partial charge >= 0.3 is 0 Å². The highest BCUT2D eigenvalue weighted by molar-refractivity contribution is 7.89. The van der Waals surface area contributed by atoms with E-state index in [9.17, 15) is 8.42 Å². The Morgan fingerprint density at radius 3 is 2.84 bits per heavy atom. The van der Waals surface area contributed by atoms with Gasteiger partial charge in [0.15, 0.2) is 0 Å². The first-order chi connectivity index (χ1) is 9.11. The minimum absolute atomic E-state index is 0.102. The fourth-order valence-electron chi connectivity index (χ4n) is 1.65. The summed E-state index contributed by atoms with van der Waals surface area (Å²) in [6.07, 6.45) is 4.17. The molecule has 0 atom stereocenters. The van der Waals surface area contributed by atoms with Gasteiger partial charge in [0.05, 0.1) is 5.69 Å². The lowest BCUT2D eigenvalue weighted by atomic mass is 10.2. The van der Waals surface area contributed by atoms with Crippen LogP contribution in [-0.2, 0) is 21.3 Å². The van der Waals surface area contributed by atoms with Crippen molar-refractivity contribution in [2.75, 3.05) is 20.3 Å². The topological polar surface area (TPSA) is 94.3 Å². The molecular weight excluding hydrogens is 266 g/mol. The predicted molar refractivity (Wildman–Crippen MR) is 73.0 cm³/mol. The molecular formula is C12H21N3O3S. The molecule has 0 spiro atoms. The first-order valence-corrected chi connectivity index (χ1v) is 7.72. The molecule has 0 aliphatic rings. The largest absolute Gasteiger partial charge is 0.385 e. The van der Waals surface area contributed by atoms with Crippen LogP contribution < -0.4 is 10.5 Å². The molecule has 0 aliphatic carbocycles. The van der Waals surface area contributed by atoms with Gasteiger partial charge in [0.2, 0.25) is 10.0 Å². The fourth-order valence-corrected chi connectivity index (χ4v) is 2.93. The zero-order valence-electron chi connectivity index (χ0n) is 11.1. The van der Waals surface area contributed by atoms with Crippen molar-refractivity contribution >= 4 is 10.0 Å². The SMILES string of the molecule is COCCCCCNS(=O)(=O)c1cccnc1CN. The van der Waals surface area contributed by atoms with Gasteiger partial charge in [0.1, 0.15) is 4.90 Å². The van der Waals surface area contributed by atoms with Gasteiger partial charge in [-0.2, -0.15) is 0 Å². The summed E-state index contributed by atoms with van der Waals surface area (Å²) in [4.78, 5) is 4.13. The van der Waals surface area contributed by atoms with E-state index in [1.165, 1.54) is 12.3 Å². The maximum atomic E-state index is 12.1. The van der Waals surface area contributed by atoms with E-state index < -0.39 is 10.0 Å². The molecule has 0 aromatic carbocycles. The summed E-state index contributed by atoms with van der Waals surface area (Å²) >= 11 is 0. The standard InChI is InChI=1S/C12H21N3O3S/c1-18-9-4-2-3-8-15-19(16,17)12-6-5-7-14-11(12)10-13/h5-7,15H,2-4,8-10,13H2,1H3. The lowest BCUT2D eigenvalue weighted by Crippen LogP contribution is -2.26. The highest BCUT2D eigenvalue weighted by Gasteiger charge is 2.17. The van der Waals surface area contributed by atoms with E-state index in [4.69, 9.17) is 10.5 Å². The van der Waals surface area contributed by atoms with Crippen LogP contribution in [0.15, 0.2) is 23.2 Å². The van der Waals surface area contributed by atoms with E-state index in [0.29, 0.717) is 18.8 Å². The third-order valence-electron chi connectivity index (χ3n) is 2.65. The number of methoxy groups -OCH3 is 1. The van der Waals surface area contributed by atoms with Crippen LogP contribution in [0.2, 0.25) is 0 Å². The monoisotopic (exact) mass is 287 g/mol. The van der Waals surface area contributed by atoms with Crippen LogP contribution in [0, 0.1) is 0 Å². The van der Waals surface area contributed by atoms with E-state index in [2.05, 4.69) is 9.71 Å². The second-order valence-corrected chi connectivity index (χ2v) is 5.84. The number of pyridine rings is 1. The third kappa shape index (κ3) is 5.23. The van der Waals surface area contributed by atoms with Crippen molar-refractivity contribution in [2.45, 2.75) is 30.7 Å². The molecule has 0 radical (unpaired) electrons. The predicted octanol–water partition coefficient (Wildman–Crippen LogP) is 0.635. The minimum atomic E-state index is -3.52. The molecule has 0 fully saturated rings. The molecule has 0 aliphatic heterocycles. The average Bonchev–Trinajstić information content (AvgIpc) is 2.42. The van der Waals surface area contributed by atoms with Crippen LogP contribution in [0.1, 0.15) is 25.0 Å². The summed E-state index contributed by atoms with van der Waals surface area (Å²) in [5, 5.41) is 0. The molecule has 19 heavy (non-hydrogen) atoms. The number of nitrogens with zero attached hydrogens (tertiary/aromatic N) is 1. The summed E-state index contributed by atoms with van der Waals surface area (Å²) in [6.45, 7) is 1.21. The van der Waals surface area contributed by atoms with E-state index >= 15 is 0 Å². The van der Waals surface area contributed by atoms with Crippen molar-refractivity contribution in [3.63, 3.8) is 0 Å². The maximum Gasteiger partial charge on any atom is 0.242 e. The molecule has 0 amide bonds. The van der Waals surface area contributed by atoms with Crippen molar-refractivity contribution < 1.29 is 13.2 Å². The Morgan fingerprint density at radius 1 is 1.37 bits per heavy atom. The van der Waals surface area contributed by atoms with E-state index in [1.807, 2.05) is 0 Å². The Morgan fingerprint density at radius 2 is 2.16 bits per heavy atom. The number of nitrogens with one attached hydrogen (secondary N) is 1. The second kappa shape index (κ2) is 8.21. The number of unbranched alkanes of at least 4 members (excludes halogenated alkanes) is 2. The van der Waals surface area contributed by atoms with Gasteiger partial charge in [-0.3, -0.25) is 4.98 Å². The van der Waals surface area contributed by atoms with Gasteiger partial charge in [0, 0.05) is 33.0 Å². The van der Waals surface area contributed by atoms with Gasteiger partial charge in [-0.05, 0) is 31.4 Å². The lowest BCUT2D eigenvalue weighted by molar-refractivity contribution is 0.192. The molecule has 1 heterocycles. The molecule has 1 rings (SSSR count). The summed E-state index contributed by atoms with van der Waals surface area (Å²) in [6, 6.07) is 3.11. The minimum Gasteiger partial charge on any atom is -0.385 e. The zero-order chi connectivity index (χ0) is 14.1. The summed E-state index contributed by atoms with van der Waals surface area (Å²) in [7, 11) is -1.87. The van der Waals surface area contributed by atoms with Crippen molar-refractivity contribution in [2.24, 2.45) is 5.73 Å². The number of hydrogen-bond acceptors (Lipinski definition) is 5. The number of rotatable bonds is 9. The molecule has 0 unspecified atom stereocenters.